The van der Waals surface area contributed by atoms with Crippen molar-refractivity contribution in [3.8, 4) is 0 Å². The molecule has 0 aromatic heterocycles. The Morgan fingerprint density at radius 2 is 1.92 bits per heavy atom. The third kappa shape index (κ3) is 17.0. The number of hydrogen-bond acceptors (Lipinski definition) is 3. The lowest BCUT2D eigenvalue weighted by atomic mass is 10.6. The Hall–Kier alpha value is 0.782. The molecule has 12 heavy (non-hydrogen) atoms. The van der Waals surface area contributed by atoms with Crippen LogP contribution in [0.3, 0.4) is 0 Å². The molecule has 74 valence electrons. The molecule has 0 saturated heterocycles. The van der Waals surface area contributed by atoms with Crippen LogP contribution in [0.4, 0.5) is 0 Å². The highest BCUT2D eigenvalue weighted by Gasteiger charge is 2.09. The van der Waals surface area contributed by atoms with Gasteiger partial charge in [-0.25, -0.2) is 4.57 Å². The predicted molar refractivity (Wildman–Crippen MR) is 55.5 cm³/mol. The molecule has 0 aliphatic rings. The summed E-state index contributed by atoms with van der Waals surface area (Å²) in [4.78, 5) is 6.99. The van der Waals surface area contributed by atoms with Gasteiger partial charge in [0.05, 0.1) is 0 Å². The predicted octanol–water partition coefficient (Wildman–Crippen LogP) is 0.952. The quantitative estimate of drug-likeness (QED) is 0.579. The van der Waals surface area contributed by atoms with Crippen molar-refractivity contribution in [2.75, 3.05) is 19.9 Å². The van der Waals surface area contributed by atoms with E-state index in [2.05, 4.69) is 0 Å². The first-order chi connectivity index (χ1) is 5.04. The molecule has 0 aromatic rings. The fourth-order valence-corrected chi connectivity index (χ4v) is 1.49. The fourth-order valence-electron chi connectivity index (χ4n) is 0.497. The second kappa shape index (κ2) is 11.8. The molecular weight excluding hydrogens is 213 g/mol. The van der Waals surface area contributed by atoms with Crippen molar-refractivity contribution in [1.82, 2.24) is 0 Å². The van der Waals surface area contributed by atoms with Gasteiger partial charge in [-0.2, -0.15) is 0 Å². The van der Waals surface area contributed by atoms with Crippen LogP contribution in [0.2, 0.25) is 0 Å². The van der Waals surface area contributed by atoms with Crippen LogP contribution in [0.15, 0.2) is 0 Å². The zero-order valence-corrected chi connectivity index (χ0v) is 8.77. The van der Waals surface area contributed by atoms with Gasteiger partial charge < -0.3 is 9.42 Å². The minimum atomic E-state index is -2.17. The highest BCUT2D eigenvalue weighted by molar-refractivity contribution is 7.58. The van der Waals surface area contributed by atoms with E-state index < -0.39 is 16.1 Å². The molecule has 0 rings (SSSR count). The summed E-state index contributed by atoms with van der Waals surface area (Å²) in [7, 11) is -1.51. The van der Waals surface area contributed by atoms with E-state index in [4.69, 9.17) is 14.0 Å². The monoisotopic (exact) mass is 230 g/mol. The van der Waals surface area contributed by atoms with Crippen molar-refractivity contribution in [2.24, 2.45) is 0 Å². The van der Waals surface area contributed by atoms with Crippen molar-refractivity contribution < 1.29 is 18.5 Å². The lowest BCUT2D eigenvalue weighted by molar-refractivity contribution is 0.398. The highest BCUT2D eigenvalue weighted by atomic mass is 31.2. The van der Waals surface area contributed by atoms with Gasteiger partial charge in [-0.15, -0.1) is 0 Å². The summed E-state index contributed by atoms with van der Waals surface area (Å²) in [5, 5.41) is 0. The van der Waals surface area contributed by atoms with E-state index in [0.29, 0.717) is 6.16 Å². The molecule has 4 nitrogen and oxygen atoms in total. The summed E-state index contributed by atoms with van der Waals surface area (Å²) in [5.74, 6) is 0. The largest absolute Gasteiger partial charge is 0.332 e. The van der Waals surface area contributed by atoms with Gasteiger partial charge in [0.1, 0.15) is 0 Å². The third-order valence-corrected chi connectivity index (χ3v) is 3.05. The van der Waals surface area contributed by atoms with Gasteiger partial charge in [0, 0.05) is 19.9 Å². The summed E-state index contributed by atoms with van der Waals surface area (Å²) in [6.07, 6.45) is 1.63. The summed E-state index contributed by atoms with van der Waals surface area (Å²) < 4.78 is 24.2. The van der Waals surface area contributed by atoms with Gasteiger partial charge in [-0.3, -0.25) is 4.57 Å². The van der Waals surface area contributed by atoms with Crippen molar-refractivity contribution in [3.05, 3.63) is 0 Å². The Morgan fingerprint density at radius 1 is 1.58 bits per heavy atom. The van der Waals surface area contributed by atoms with E-state index in [-0.39, 0.29) is 17.4 Å². The molecule has 7 heteroatoms. The molecule has 0 spiro atoms. The molecule has 0 fully saturated rings. The lowest BCUT2D eigenvalue weighted by Gasteiger charge is -2.06. The minimum absolute atomic E-state index is 0. The number of hydrogen-bond donors (Lipinski definition) is 1. The topological polar surface area (TPSA) is 63.6 Å². The van der Waals surface area contributed by atoms with E-state index in [1.54, 1.807) is 6.66 Å². The molecule has 0 aromatic carbocycles. The molecule has 0 aliphatic heterocycles. The summed E-state index contributed by atoms with van der Waals surface area (Å²) >= 11 is 0. The Balaban J connectivity index is -0.000000177. The van der Waals surface area contributed by atoms with Crippen LogP contribution in [-0.4, -0.2) is 42.2 Å². The molecule has 0 saturated carbocycles. The third-order valence-electron chi connectivity index (χ3n) is 1.02. The van der Waals surface area contributed by atoms with Crippen LogP contribution in [-0.2, 0) is 13.7 Å². The Morgan fingerprint density at radius 3 is 2.00 bits per heavy atom. The maximum atomic E-state index is 11.0. The van der Waals surface area contributed by atoms with Crippen LogP contribution in [0.1, 0.15) is 13.3 Å². The average molecular weight is 230 g/mol. The van der Waals surface area contributed by atoms with Gasteiger partial charge in [0.15, 0.2) is 24.7 Å². The van der Waals surface area contributed by atoms with Crippen LogP contribution in [0, 0.1) is 0 Å². The SMILES string of the molecule is CCCP(C)(=O)OC.O=PO.[AlH3]. The normalized spacial score (nSPS) is 13.7. The fraction of sp³-hybridized carbons (Fsp3) is 1.00. The van der Waals surface area contributed by atoms with Gasteiger partial charge in [-0.1, -0.05) is 6.92 Å². The van der Waals surface area contributed by atoms with Crippen LogP contribution in [0.25, 0.3) is 0 Å². The van der Waals surface area contributed by atoms with Gasteiger partial charge in [0.25, 0.3) is 0 Å². The van der Waals surface area contributed by atoms with Crippen LogP contribution in [0.5, 0.6) is 0 Å². The van der Waals surface area contributed by atoms with Crippen molar-refractivity contribution in [2.45, 2.75) is 13.3 Å². The molecule has 0 aliphatic carbocycles. The molecule has 0 amide bonds. The van der Waals surface area contributed by atoms with Crippen molar-refractivity contribution in [3.63, 3.8) is 0 Å². The van der Waals surface area contributed by atoms with Gasteiger partial charge in [0.2, 0.25) is 0 Å². The molecule has 0 heterocycles. The first kappa shape index (κ1) is 18.5. The Labute approximate surface area is 85.6 Å². The van der Waals surface area contributed by atoms with E-state index in [9.17, 15) is 4.57 Å². The van der Waals surface area contributed by atoms with Gasteiger partial charge >= 0.3 is 8.69 Å². The summed E-state index contributed by atoms with van der Waals surface area (Å²) in [6, 6.07) is 0. The van der Waals surface area contributed by atoms with Crippen LogP contribution >= 0.6 is 16.1 Å². The van der Waals surface area contributed by atoms with Crippen molar-refractivity contribution in [1.29, 1.82) is 0 Å². The molecular formula is C5H17AlO4P2. The average Bonchev–Trinajstić information content (AvgIpc) is 1.90. The Kier molecular flexibility index (Phi) is 18.2. The van der Waals surface area contributed by atoms with E-state index in [1.807, 2.05) is 6.92 Å². The molecule has 0 bridgehead atoms. The zero-order chi connectivity index (χ0) is 9.33. The first-order valence-electron chi connectivity index (χ1n) is 3.13. The smallest absolute Gasteiger partial charge is 0.324 e. The molecule has 0 radical (unpaired) electrons. The van der Waals surface area contributed by atoms with E-state index in [0.717, 1.165) is 6.42 Å². The molecule has 1 N–H and O–H groups in total. The highest BCUT2D eigenvalue weighted by Crippen LogP contribution is 2.41. The second-order valence-electron chi connectivity index (χ2n) is 2.00. The standard InChI is InChI=1S/C5H13O2P.Al.HO2P.3H/c1-4-5-8(3,6)7-2;;1-3-2;;;/h4-5H2,1-3H3;;(H,1,2);;;. The second-order valence-corrected chi connectivity index (χ2v) is 5.01. The molecule has 1 unspecified atom stereocenters. The summed E-state index contributed by atoms with van der Waals surface area (Å²) in [6.45, 7) is 3.66. The first-order valence-corrected chi connectivity index (χ1v) is 6.15. The van der Waals surface area contributed by atoms with E-state index >= 15 is 0 Å². The minimum Gasteiger partial charge on any atom is -0.332 e. The Bertz CT molecular complexity index is 141. The van der Waals surface area contributed by atoms with E-state index in [1.165, 1.54) is 7.11 Å². The van der Waals surface area contributed by atoms with Crippen LogP contribution < -0.4 is 0 Å². The maximum Gasteiger partial charge on any atom is 0.324 e. The lowest BCUT2D eigenvalue weighted by Crippen LogP contribution is -1.86. The van der Waals surface area contributed by atoms with Gasteiger partial charge in [-0.05, 0) is 6.42 Å². The molecule has 1 atom stereocenters. The van der Waals surface area contributed by atoms with Crippen molar-refractivity contribution >= 4 is 33.4 Å². The zero-order valence-electron chi connectivity index (χ0n) is 6.98. The summed E-state index contributed by atoms with van der Waals surface area (Å²) in [5.41, 5.74) is 0. The number of rotatable bonds is 3. The maximum absolute atomic E-state index is 11.0.